The zero-order valence-corrected chi connectivity index (χ0v) is 12.4. The highest BCUT2D eigenvalue weighted by atomic mass is 15.2. The average molecular weight is 249 g/mol. The number of anilines is 1. The van der Waals surface area contributed by atoms with Gasteiger partial charge in [0.15, 0.2) is 0 Å². The predicted octanol–water partition coefficient (Wildman–Crippen LogP) is 3.06. The molecule has 3 heteroatoms. The van der Waals surface area contributed by atoms with Gasteiger partial charge in [-0.1, -0.05) is 19.9 Å². The fourth-order valence-corrected chi connectivity index (χ4v) is 2.08. The van der Waals surface area contributed by atoms with Crippen molar-refractivity contribution in [1.82, 2.24) is 10.3 Å². The molecule has 1 aromatic rings. The van der Waals surface area contributed by atoms with Crippen molar-refractivity contribution in [2.24, 2.45) is 5.92 Å². The van der Waals surface area contributed by atoms with Crippen molar-refractivity contribution in [3.63, 3.8) is 0 Å². The highest BCUT2D eigenvalue weighted by Crippen LogP contribution is 2.19. The Morgan fingerprint density at radius 3 is 2.56 bits per heavy atom. The minimum Gasteiger partial charge on any atom is -0.354 e. The Bertz CT molecular complexity index is 347. The fraction of sp³-hybridized carbons (Fsp3) is 0.667. The third-order valence-electron chi connectivity index (χ3n) is 2.97. The zero-order chi connectivity index (χ0) is 13.5. The Labute approximate surface area is 112 Å². The van der Waals surface area contributed by atoms with Gasteiger partial charge in [0, 0.05) is 30.9 Å². The average Bonchev–Trinajstić information content (AvgIpc) is 2.31. The normalized spacial score (nSPS) is 11.3. The number of rotatable bonds is 7. The van der Waals surface area contributed by atoms with Gasteiger partial charge >= 0.3 is 0 Å². The van der Waals surface area contributed by atoms with E-state index in [4.69, 9.17) is 0 Å². The van der Waals surface area contributed by atoms with Gasteiger partial charge in [0.05, 0.1) is 0 Å². The lowest BCUT2D eigenvalue weighted by molar-refractivity contribution is 0.550. The molecule has 0 bridgehead atoms. The summed E-state index contributed by atoms with van der Waals surface area (Å²) >= 11 is 0. The van der Waals surface area contributed by atoms with Crippen LogP contribution in [0.25, 0.3) is 0 Å². The van der Waals surface area contributed by atoms with E-state index in [-0.39, 0.29) is 0 Å². The van der Waals surface area contributed by atoms with Crippen LogP contribution in [0.4, 0.5) is 5.82 Å². The first-order valence-electron chi connectivity index (χ1n) is 6.97. The number of hydrogen-bond donors (Lipinski definition) is 1. The molecular formula is C15H27N3. The van der Waals surface area contributed by atoms with E-state index in [1.54, 1.807) is 0 Å². The summed E-state index contributed by atoms with van der Waals surface area (Å²) in [5.41, 5.74) is 1.29. The van der Waals surface area contributed by atoms with Gasteiger partial charge < -0.3 is 10.2 Å². The van der Waals surface area contributed by atoms with Gasteiger partial charge in [0.25, 0.3) is 0 Å². The Hall–Kier alpha value is -1.09. The first-order chi connectivity index (χ1) is 8.56. The summed E-state index contributed by atoms with van der Waals surface area (Å²) < 4.78 is 0. The van der Waals surface area contributed by atoms with Gasteiger partial charge in [-0.05, 0) is 39.3 Å². The summed E-state index contributed by atoms with van der Waals surface area (Å²) in [5.74, 6) is 1.80. The summed E-state index contributed by atoms with van der Waals surface area (Å²) in [7, 11) is 0. The van der Waals surface area contributed by atoms with E-state index < -0.39 is 0 Å². The summed E-state index contributed by atoms with van der Waals surface area (Å²) in [6.07, 6.45) is 1.88. The molecule has 0 radical (unpaired) electrons. The van der Waals surface area contributed by atoms with Crippen LogP contribution in [0.2, 0.25) is 0 Å². The monoisotopic (exact) mass is 249 g/mol. The van der Waals surface area contributed by atoms with Gasteiger partial charge in [0.2, 0.25) is 0 Å². The molecule has 0 aliphatic carbocycles. The lowest BCUT2D eigenvalue weighted by Gasteiger charge is -2.28. The molecule has 0 saturated heterocycles. The molecule has 3 nitrogen and oxygen atoms in total. The first-order valence-corrected chi connectivity index (χ1v) is 6.97. The Kier molecular flexibility index (Phi) is 6.13. The maximum Gasteiger partial charge on any atom is 0.133 e. The van der Waals surface area contributed by atoms with Crippen molar-refractivity contribution in [2.45, 2.75) is 47.2 Å². The highest BCUT2D eigenvalue weighted by molar-refractivity contribution is 5.47. The molecule has 0 spiro atoms. The number of nitrogens with one attached hydrogen (secondary N) is 1. The Morgan fingerprint density at radius 2 is 2.00 bits per heavy atom. The molecule has 0 saturated carbocycles. The molecule has 0 aromatic carbocycles. The lowest BCUT2D eigenvalue weighted by atomic mass is 10.2. The SMILES string of the molecule is CCN(c1ncccc1CNCC(C)C)C(C)C. The largest absolute Gasteiger partial charge is 0.354 e. The summed E-state index contributed by atoms with van der Waals surface area (Å²) in [5, 5.41) is 3.49. The number of aromatic nitrogens is 1. The van der Waals surface area contributed by atoms with Crippen LogP contribution in [0.15, 0.2) is 18.3 Å². The number of nitrogens with zero attached hydrogens (tertiary/aromatic N) is 2. The van der Waals surface area contributed by atoms with Crippen molar-refractivity contribution < 1.29 is 0 Å². The fourth-order valence-electron chi connectivity index (χ4n) is 2.08. The van der Waals surface area contributed by atoms with Gasteiger partial charge in [-0.25, -0.2) is 4.98 Å². The maximum atomic E-state index is 4.55. The Morgan fingerprint density at radius 1 is 1.28 bits per heavy atom. The second-order valence-corrected chi connectivity index (χ2v) is 5.39. The van der Waals surface area contributed by atoms with E-state index in [9.17, 15) is 0 Å². The van der Waals surface area contributed by atoms with Crippen molar-refractivity contribution in [3.8, 4) is 0 Å². The molecule has 18 heavy (non-hydrogen) atoms. The molecule has 1 aromatic heterocycles. The van der Waals surface area contributed by atoms with E-state index >= 15 is 0 Å². The highest BCUT2D eigenvalue weighted by Gasteiger charge is 2.13. The number of hydrogen-bond acceptors (Lipinski definition) is 3. The van der Waals surface area contributed by atoms with Crippen LogP contribution in [0, 0.1) is 5.92 Å². The van der Waals surface area contributed by atoms with Crippen LogP contribution in [0.1, 0.15) is 40.2 Å². The Balaban J connectivity index is 2.78. The second-order valence-electron chi connectivity index (χ2n) is 5.39. The summed E-state index contributed by atoms with van der Waals surface area (Å²) in [6, 6.07) is 4.67. The van der Waals surface area contributed by atoms with Crippen LogP contribution in [0.5, 0.6) is 0 Å². The molecule has 0 unspecified atom stereocenters. The van der Waals surface area contributed by atoms with Crippen LogP contribution in [-0.2, 0) is 6.54 Å². The molecule has 1 N–H and O–H groups in total. The van der Waals surface area contributed by atoms with Gasteiger partial charge in [-0.2, -0.15) is 0 Å². The topological polar surface area (TPSA) is 28.2 Å². The predicted molar refractivity (Wildman–Crippen MR) is 78.9 cm³/mol. The molecule has 0 aliphatic rings. The molecule has 0 fully saturated rings. The molecule has 0 atom stereocenters. The molecule has 0 amide bonds. The van der Waals surface area contributed by atoms with Crippen LogP contribution >= 0.6 is 0 Å². The van der Waals surface area contributed by atoms with Gasteiger partial charge in [-0.3, -0.25) is 0 Å². The quantitative estimate of drug-likeness (QED) is 0.805. The van der Waals surface area contributed by atoms with E-state index in [2.05, 4.69) is 55.9 Å². The summed E-state index contributed by atoms with van der Waals surface area (Å²) in [6.45, 7) is 14.0. The smallest absolute Gasteiger partial charge is 0.133 e. The van der Waals surface area contributed by atoms with Gasteiger partial charge in [-0.15, -0.1) is 0 Å². The molecule has 1 rings (SSSR count). The van der Waals surface area contributed by atoms with Gasteiger partial charge in [0.1, 0.15) is 5.82 Å². The van der Waals surface area contributed by atoms with Crippen molar-refractivity contribution in [3.05, 3.63) is 23.9 Å². The van der Waals surface area contributed by atoms with Crippen LogP contribution in [0.3, 0.4) is 0 Å². The summed E-state index contributed by atoms with van der Waals surface area (Å²) in [4.78, 5) is 6.89. The first kappa shape index (κ1) is 15.0. The maximum absolute atomic E-state index is 4.55. The molecule has 102 valence electrons. The standard InChI is InChI=1S/C15H27N3/c1-6-18(13(4)5)15-14(8-7-9-17-15)11-16-10-12(2)3/h7-9,12-13,16H,6,10-11H2,1-5H3. The van der Waals surface area contributed by atoms with Crippen molar-refractivity contribution in [1.29, 1.82) is 0 Å². The zero-order valence-electron chi connectivity index (χ0n) is 12.4. The number of pyridine rings is 1. The van der Waals surface area contributed by atoms with Crippen molar-refractivity contribution >= 4 is 5.82 Å². The minimum absolute atomic E-state index is 0.480. The molecule has 0 aliphatic heterocycles. The van der Waals surface area contributed by atoms with Crippen LogP contribution in [-0.4, -0.2) is 24.1 Å². The van der Waals surface area contributed by atoms with Crippen molar-refractivity contribution in [2.75, 3.05) is 18.0 Å². The molecule has 1 heterocycles. The minimum atomic E-state index is 0.480. The molecular weight excluding hydrogens is 222 g/mol. The lowest BCUT2D eigenvalue weighted by Crippen LogP contribution is -2.32. The van der Waals surface area contributed by atoms with E-state index in [1.165, 1.54) is 5.56 Å². The van der Waals surface area contributed by atoms with E-state index in [1.807, 2.05) is 12.3 Å². The third kappa shape index (κ3) is 4.30. The second kappa shape index (κ2) is 7.37. The van der Waals surface area contributed by atoms with E-state index in [0.29, 0.717) is 12.0 Å². The van der Waals surface area contributed by atoms with Crippen LogP contribution < -0.4 is 10.2 Å². The third-order valence-corrected chi connectivity index (χ3v) is 2.97. The van der Waals surface area contributed by atoms with E-state index in [0.717, 1.165) is 25.5 Å².